The number of rotatable bonds is 12. The molecule has 0 aromatic heterocycles. The highest BCUT2D eigenvalue weighted by molar-refractivity contribution is 7.85. The Morgan fingerprint density at radius 3 is 2.26 bits per heavy atom. The van der Waals surface area contributed by atoms with Gasteiger partial charge in [-0.25, -0.2) is 8.91 Å². The Hall–Kier alpha value is -3.67. The van der Waals surface area contributed by atoms with Gasteiger partial charge in [-0.2, -0.15) is 8.42 Å². The van der Waals surface area contributed by atoms with Crippen LogP contribution in [0.15, 0.2) is 89.6 Å². The largest absolute Gasteiger partial charge is 0.462 e. The fourth-order valence-corrected chi connectivity index (χ4v) is 12.6. The number of carbonyl (C=O) groups is 2. The number of benzene rings is 1. The zero-order chi connectivity index (χ0) is 53.3. The third-order valence-electron chi connectivity index (χ3n) is 16.0. The maximum absolute atomic E-state index is 14.4. The summed E-state index contributed by atoms with van der Waals surface area (Å²) in [6.45, 7) is 15.7. The smallest absolute Gasteiger partial charge is 0.362 e. The first kappa shape index (κ1) is 56.5. The average Bonchev–Trinajstić information content (AvgIpc) is 3.71. The summed E-state index contributed by atoms with van der Waals surface area (Å²) < 4.78 is 97.8. The van der Waals surface area contributed by atoms with E-state index in [0.717, 1.165) is 12.0 Å². The maximum atomic E-state index is 14.4. The van der Waals surface area contributed by atoms with E-state index >= 15 is 0 Å². The summed E-state index contributed by atoms with van der Waals surface area (Å²) in [7, 11) is -1.54. The first-order chi connectivity index (χ1) is 35.2. The summed E-state index contributed by atoms with van der Waals surface area (Å²) in [5.74, 6) is -3.64. The highest BCUT2D eigenvalue weighted by atomic mass is 32.2. The Labute approximate surface area is 436 Å². The minimum atomic E-state index is -4.57. The molecule has 6 aliphatic heterocycles. The molecule has 8 rings (SSSR count). The van der Waals surface area contributed by atoms with Crippen LogP contribution in [-0.4, -0.2) is 149 Å². The summed E-state index contributed by atoms with van der Waals surface area (Å²) in [5.41, 5.74) is 0.124. The summed E-state index contributed by atoms with van der Waals surface area (Å²) in [5, 5.41) is 23.8. The van der Waals surface area contributed by atoms with Crippen molar-refractivity contribution in [2.45, 2.75) is 191 Å². The van der Waals surface area contributed by atoms with Gasteiger partial charge in [0.15, 0.2) is 18.4 Å². The van der Waals surface area contributed by atoms with Crippen LogP contribution in [0.2, 0.25) is 0 Å². The fourth-order valence-electron chi connectivity index (χ4n) is 11.6. The van der Waals surface area contributed by atoms with Crippen molar-refractivity contribution < 1.29 is 79.8 Å². The van der Waals surface area contributed by atoms with E-state index in [2.05, 4.69) is 32.9 Å². The predicted molar refractivity (Wildman–Crippen MR) is 269 cm³/mol. The SMILES string of the molecule is CCC(C)[C@H]1O[C@]2(C=C[C@@H]1C)C[C@@H]1C[C@@H](C/C=C(\C)[C@@H](O[C@H]3C[C@H](OC)[C@@H](O[C@H]4C[C@H](OC)[C@@H](OS(=O)(=O)NC(=O)c5ccccc5)[C@H](C)O4)[C@H](C)O3)[C@@H](C)/C=C/C=C3\CO[C@@H]4[C@H](O)C(C)=C[C@@H](C(=O)O1)[C@]34O)O2. The van der Waals surface area contributed by atoms with Gasteiger partial charge in [0.2, 0.25) is 0 Å². The van der Waals surface area contributed by atoms with Gasteiger partial charge in [0.1, 0.15) is 42.0 Å². The number of amides is 1. The molecule has 4 fully saturated rings. The van der Waals surface area contributed by atoms with Crippen molar-refractivity contribution in [3.8, 4) is 0 Å². The molecule has 74 heavy (non-hydrogen) atoms. The highest BCUT2D eigenvalue weighted by Crippen LogP contribution is 2.47. The maximum Gasteiger partial charge on any atom is 0.362 e. The molecular weight excluding hydrogens is 979 g/mol. The second kappa shape index (κ2) is 23.5. The topological polar surface area (TPSA) is 222 Å². The van der Waals surface area contributed by atoms with Gasteiger partial charge in [-0.15, -0.1) is 0 Å². The summed E-state index contributed by atoms with van der Waals surface area (Å²) in [4.78, 5) is 27.1. The lowest BCUT2D eigenvalue weighted by molar-refractivity contribution is -0.317. The minimum Gasteiger partial charge on any atom is -0.462 e. The van der Waals surface area contributed by atoms with Crippen LogP contribution >= 0.6 is 0 Å². The van der Waals surface area contributed by atoms with Crippen molar-refractivity contribution in [3.05, 3.63) is 95.1 Å². The molecule has 1 aliphatic carbocycles. The van der Waals surface area contributed by atoms with E-state index in [1.807, 2.05) is 43.7 Å². The van der Waals surface area contributed by atoms with Crippen LogP contribution in [0.25, 0.3) is 0 Å². The van der Waals surface area contributed by atoms with Gasteiger partial charge in [-0.05, 0) is 75.0 Å². The van der Waals surface area contributed by atoms with Gasteiger partial charge < -0.3 is 57.6 Å². The molecular formula is C55H77NO17S. The van der Waals surface area contributed by atoms with Crippen LogP contribution in [0.5, 0.6) is 0 Å². The fraction of sp³-hybridized carbons (Fsp3) is 0.673. The number of aliphatic hydroxyl groups is 2. The van der Waals surface area contributed by atoms with Gasteiger partial charge >= 0.3 is 16.3 Å². The molecule has 0 saturated carbocycles. The van der Waals surface area contributed by atoms with E-state index in [0.29, 0.717) is 24.0 Å². The van der Waals surface area contributed by atoms with Crippen molar-refractivity contribution in [1.29, 1.82) is 0 Å². The van der Waals surface area contributed by atoms with E-state index in [4.69, 9.17) is 51.6 Å². The first-order valence-corrected chi connectivity index (χ1v) is 27.6. The highest BCUT2D eigenvalue weighted by Gasteiger charge is 2.60. The summed E-state index contributed by atoms with van der Waals surface area (Å²) in [6, 6.07) is 7.93. The van der Waals surface area contributed by atoms with Crippen LogP contribution in [0.1, 0.15) is 104 Å². The summed E-state index contributed by atoms with van der Waals surface area (Å²) >= 11 is 0. The lowest BCUT2D eigenvalue weighted by atomic mass is 9.71. The second-order valence-corrected chi connectivity index (χ2v) is 22.6. The quantitative estimate of drug-likeness (QED) is 0.160. The number of carbonyl (C=O) groups excluding carboxylic acids is 2. The monoisotopic (exact) mass is 1060 g/mol. The first-order valence-electron chi connectivity index (χ1n) is 26.2. The Balaban J connectivity index is 1.01. The lowest BCUT2D eigenvalue weighted by Gasteiger charge is -2.48. The Kier molecular flexibility index (Phi) is 18.0. The number of aliphatic hydroxyl groups excluding tert-OH is 1. The molecule has 1 spiro atoms. The van der Waals surface area contributed by atoms with Crippen LogP contribution in [-0.2, 0) is 66.7 Å². The zero-order valence-corrected chi connectivity index (χ0v) is 45.0. The van der Waals surface area contributed by atoms with Crippen LogP contribution < -0.4 is 4.72 Å². The van der Waals surface area contributed by atoms with Crippen molar-refractivity contribution in [3.63, 3.8) is 0 Å². The third kappa shape index (κ3) is 12.2. The standard InChI is InChI=1S/C55H77NO17S/c1-11-30(2)48-33(5)22-23-54(72-48)28-40-25-39(71-54)21-20-32(4)47(31(3)16-15-19-38-29-65-51-46(57)34(6)24-41(53(59)68-40)55(38,51)60)69-44-26-42(63-9)49(35(7)66-44)70-45-27-43(64-10)50(36(8)67-45)73-74(61,62)56-52(58)37-17-13-12-14-18-37/h12-20,22-24,30-31,33,35-36,39-51,57,60H,11,21,25-29H2,1-10H3,(H,56,58)/b16-15+,32-20+,38-19+/t30?,31-,33-,35-,36-,39+,40-,41-,42-,43-,44-,45-,46+,47-,48+,49-,50-,51+,54+,55+/m0/s1. The molecule has 19 heteroatoms. The second-order valence-electron chi connectivity index (χ2n) is 21.3. The molecule has 18 nitrogen and oxygen atoms in total. The van der Waals surface area contributed by atoms with E-state index in [1.165, 1.54) is 19.2 Å². The van der Waals surface area contributed by atoms with Crippen molar-refractivity contribution in [2.75, 3.05) is 20.8 Å². The Morgan fingerprint density at radius 1 is 0.892 bits per heavy atom. The molecule has 6 heterocycles. The average molecular weight is 1060 g/mol. The zero-order valence-electron chi connectivity index (χ0n) is 44.2. The predicted octanol–water partition coefficient (Wildman–Crippen LogP) is 6.08. The van der Waals surface area contributed by atoms with E-state index in [-0.39, 0.29) is 55.3 Å². The van der Waals surface area contributed by atoms with Gasteiger partial charge in [-0.1, -0.05) is 88.8 Å². The number of methoxy groups -OCH3 is 2. The molecule has 1 unspecified atom stereocenters. The number of hydrogen-bond acceptors (Lipinski definition) is 17. The van der Waals surface area contributed by atoms with Crippen LogP contribution in [0.3, 0.4) is 0 Å². The number of fused-ring (bicyclic) bond motifs is 2. The van der Waals surface area contributed by atoms with E-state index < -0.39 is 119 Å². The molecule has 20 atom stereocenters. The molecule has 2 bridgehead atoms. The molecule has 1 amide bonds. The van der Waals surface area contributed by atoms with Gasteiger partial charge in [0, 0.05) is 57.3 Å². The molecule has 3 N–H and O–H groups in total. The van der Waals surface area contributed by atoms with Crippen molar-refractivity contribution in [1.82, 2.24) is 4.72 Å². The molecule has 1 aromatic carbocycles. The lowest BCUT2D eigenvalue weighted by Crippen LogP contribution is -2.58. The number of allylic oxidation sites excluding steroid dienone is 2. The Bertz CT molecular complexity index is 2410. The number of hydrogen-bond donors (Lipinski definition) is 3. The van der Waals surface area contributed by atoms with Crippen molar-refractivity contribution >= 4 is 22.2 Å². The van der Waals surface area contributed by atoms with Gasteiger partial charge in [0.25, 0.3) is 5.91 Å². The number of nitrogens with one attached hydrogen (secondary N) is 1. The molecule has 4 saturated heterocycles. The third-order valence-corrected chi connectivity index (χ3v) is 16.9. The minimum absolute atomic E-state index is 0.00549. The molecule has 0 radical (unpaired) electrons. The van der Waals surface area contributed by atoms with E-state index in [9.17, 15) is 28.2 Å². The molecule has 410 valence electrons. The van der Waals surface area contributed by atoms with Crippen LogP contribution in [0.4, 0.5) is 0 Å². The van der Waals surface area contributed by atoms with Crippen LogP contribution in [0, 0.1) is 23.7 Å². The molecule has 7 aliphatic rings. The number of esters is 1. The van der Waals surface area contributed by atoms with E-state index in [1.54, 1.807) is 51.3 Å². The molecule has 1 aromatic rings. The Morgan fingerprint density at radius 2 is 1.57 bits per heavy atom. The number of ether oxygens (including phenoxy) is 10. The van der Waals surface area contributed by atoms with Gasteiger partial charge in [0.05, 0.1) is 49.3 Å². The van der Waals surface area contributed by atoms with Gasteiger partial charge in [-0.3, -0.25) is 9.59 Å². The summed E-state index contributed by atoms with van der Waals surface area (Å²) in [6.07, 6.45) is 5.63. The van der Waals surface area contributed by atoms with Crippen molar-refractivity contribution in [2.24, 2.45) is 23.7 Å². The normalized spacial score (nSPS) is 43.2.